The third kappa shape index (κ3) is 6.18. The summed E-state index contributed by atoms with van der Waals surface area (Å²) >= 11 is 0. The van der Waals surface area contributed by atoms with Gasteiger partial charge in [-0.25, -0.2) is 13.2 Å². The van der Waals surface area contributed by atoms with Gasteiger partial charge in [0.1, 0.15) is 0 Å². The Kier molecular flexibility index (Phi) is 9.43. The number of benzene rings is 2. The highest BCUT2D eigenvalue weighted by Crippen LogP contribution is 2.29. The van der Waals surface area contributed by atoms with Crippen LogP contribution in [0.25, 0.3) is 5.70 Å². The number of nitrogens with zero attached hydrogens (tertiary/aromatic N) is 1. The number of ether oxygens (including phenoxy) is 2. The molecular formula is C24H31NO6S. The SMILES string of the molecule is C=C(c1cccc(C(=O)OCC)c1CCCOCCO)N(C)S(=O)(=O)c1ccc(C)cc1. The first-order valence-electron chi connectivity index (χ1n) is 10.5. The first-order valence-corrected chi connectivity index (χ1v) is 11.9. The van der Waals surface area contributed by atoms with Crippen LogP contribution in [0.2, 0.25) is 0 Å². The van der Waals surface area contributed by atoms with Crippen molar-refractivity contribution in [2.75, 3.05) is 33.5 Å². The number of esters is 1. The molecule has 8 heteroatoms. The van der Waals surface area contributed by atoms with Crippen LogP contribution < -0.4 is 0 Å². The van der Waals surface area contributed by atoms with Gasteiger partial charge in [-0.3, -0.25) is 4.31 Å². The number of aliphatic hydroxyl groups is 1. The third-order valence-corrected chi connectivity index (χ3v) is 6.80. The molecule has 0 saturated carbocycles. The van der Waals surface area contributed by atoms with E-state index in [9.17, 15) is 13.2 Å². The van der Waals surface area contributed by atoms with Gasteiger partial charge in [0.25, 0.3) is 10.0 Å². The zero-order chi connectivity index (χ0) is 23.7. The number of rotatable bonds is 12. The molecule has 2 aromatic carbocycles. The summed E-state index contributed by atoms with van der Waals surface area (Å²) in [6.45, 7) is 8.43. The third-order valence-electron chi connectivity index (χ3n) is 4.99. The summed E-state index contributed by atoms with van der Waals surface area (Å²) in [6, 6.07) is 11.7. The number of aliphatic hydroxyl groups excluding tert-OH is 1. The minimum absolute atomic E-state index is 0.0663. The molecule has 0 atom stereocenters. The van der Waals surface area contributed by atoms with Crippen molar-refractivity contribution in [1.29, 1.82) is 0 Å². The van der Waals surface area contributed by atoms with Crippen LogP contribution in [-0.4, -0.2) is 57.3 Å². The standard InChI is InChI=1S/C24H31NO6S/c1-5-31-24(27)23-9-6-8-21(22(23)10-7-16-30-17-15-26)19(3)25(4)32(28,29)20-13-11-18(2)12-14-20/h6,8-9,11-14,26H,3,5,7,10,15-17H2,1-2,4H3. The maximum Gasteiger partial charge on any atom is 0.338 e. The minimum Gasteiger partial charge on any atom is -0.462 e. The van der Waals surface area contributed by atoms with Crippen LogP contribution in [0, 0.1) is 6.92 Å². The molecule has 0 bridgehead atoms. The molecule has 0 radical (unpaired) electrons. The number of aryl methyl sites for hydroxylation is 1. The van der Waals surface area contributed by atoms with E-state index in [4.69, 9.17) is 14.6 Å². The highest BCUT2D eigenvalue weighted by Gasteiger charge is 2.25. The average Bonchev–Trinajstić information content (AvgIpc) is 2.78. The fourth-order valence-electron chi connectivity index (χ4n) is 3.23. The van der Waals surface area contributed by atoms with E-state index in [1.807, 2.05) is 6.92 Å². The van der Waals surface area contributed by atoms with Crippen LogP contribution >= 0.6 is 0 Å². The monoisotopic (exact) mass is 461 g/mol. The molecule has 0 aliphatic carbocycles. The Morgan fingerprint density at radius 2 is 1.75 bits per heavy atom. The summed E-state index contributed by atoms with van der Waals surface area (Å²) in [4.78, 5) is 12.7. The van der Waals surface area contributed by atoms with E-state index in [1.165, 1.54) is 7.05 Å². The average molecular weight is 462 g/mol. The summed E-state index contributed by atoms with van der Waals surface area (Å²) in [5.41, 5.74) is 2.78. The molecule has 1 N–H and O–H groups in total. The second-order valence-corrected chi connectivity index (χ2v) is 9.19. The number of hydrogen-bond donors (Lipinski definition) is 1. The highest BCUT2D eigenvalue weighted by atomic mass is 32.2. The van der Waals surface area contributed by atoms with Gasteiger partial charge in [0.15, 0.2) is 0 Å². The van der Waals surface area contributed by atoms with Crippen LogP contribution in [-0.2, 0) is 25.9 Å². The van der Waals surface area contributed by atoms with Gasteiger partial charge in [-0.1, -0.05) is 36.4 Å². The van der Waals surface area contributed by atoms with Crippen molar-refractivity contribution in [3.05, 3.63) is 71.3 Å². The molecule has 0 heterocycles. The van der Waals surface area contributed by atoms with Gasteiger partial charge in [0.2, 0.25) is 0 Å². The van der Waals surface area contributed by atoms with Gasteiger partial charge in [0, 0.05) is 19.2 Å². The van der Waals surface area contributed by atoms with E-state index >= 15 is 0 Å². The van der Waals surface area contributed by atoms with Gasteiger partial charge < -0.3 is 14.6 Å². The maximum absolute atomic E-state index is 13.2. The lowest BCUT2D eigenvalue weighted by molar-refractivity contribution is 0.0524. The largest absolute Gasteiger partial charge is 0.462 e. The zero-order valence-corrected chi connectivity index (χ0v) is 19.7. The van der Waals surface area contributed by atoms with Gasteiger partial charge in [-0.15, -0.1) is 0 Å². The highest BCUT2D eigenvalue weighted by molar-refractivity contribution is 7.89. The Bertz CT molecular complexity index is 1030. The molecule has 2 aromatic rings. The Hall–Kier alpha value is -2.68. The molecule has 0 unspecified atom stereocenters. The van der Waals surface area contributed by atoms with Crippen molar-refractivity contribution in [1.82, 2.24) is 4.31 Å². The smallest absolute Gasteiger partial charge is 0.338 e. The molecule has 7 nitrogen and oxygen atoms in total. The molecule has 0 saturated heterocycles. The number of hydrogen-bond acceptors (Lipinski definition) is 6. The van der Waals surface area contributed by atoms with E-state index in [0.29, 0.717) is 36.1 Å². The van der Waals surface area contributed by atoms with Gasteiger partial charge in [-0.05, 0) is 50.5 Å². The lowest BCUT2D eigenvalue weighted by Gasteiger charge is -2.24. The van der Waals surface area contributed by atoms with E-state index in [1.54, 1.807) is 49.4 Å². The van der Waals surface area contributed by atoms with E-state index < -0.39 is 16.0 Å². The molecule has 32 heavy (non-hydrogen) atoms. The molecular weight excluding hydrogens is 430 g/mol. The predicted octanol–water partition coefficient (Wildman–Crippen LogP) is 3.40. The molecule has 0 spiro atoms. The van der Waals surface area contributed by atoms with E-state index in [-0.39, 0.29) is 30.4 Å². The van der Waals surface area contributed by atoms with Crippen LogP contribution in [0.5, 0.6) is 0 Å². The van der Waals surface area contributed by atoms with Crippen LogP contribution in [0.15, 0.2) is 53.9 Å². The van der Waals surface area contributed by atoms with E-state index in [2.05, 4.69) is 6.58 Å². The first-order chi connectivity index (χ1) is 15.2. The second kappa shape index (κ2) is 11.8. The normalized spacial score (nSPS) is 11.2. The Balaban J connectivity index is 2.40. The Morgan fingerprint density at radius 3 is 2.38 bits per heavy atom. The number of carbonyl (C=O) groups is 1. The maximum atomic E-state index is 13.2. The first kappa shape index (κ1) is 25.6. The van der Waals surface area contributed by atoms with Crippen molar-refractivity contribution in [2.24, 2.45) is 0 Å². The minimum atomic E-state index is -3.83. The van der Waals surface area contributed by atoms with Gasteiger partial charge >= 0.3 is 5.97 Å². The fourth-order valence-corrected chi connectivity index (χ4v) is 4.41. The molecule has 0 amide bonds. The molecule has 0 aromatic heterocycles. The zero-order valence-electron chi connectivity index (χ0n) is 18.8. The Morgan fingerprint density at radius 1 is 1.09 bits per heavy atom. The Labute approximate surface area is 190 Å². The molecule has 2 rings (SSSR count). The molecule has 0 aliphatic rings. The molecule has 0 aliphatic heterocycles. The molecule has 174 valence electrons. The predicted molar refractivity (Wildman–Crippen MR) is 124 cm³/mol. The summed E-state index contributed by atoms with van der Waals surface area (Å²) in [7, 11) is -2.38. The van der Waals surface area contributed by atoms with Crippen molar-refractivity contribution in [3.8, 4) is 0 Å². The van der Waals surface area contributed by atoms with Gasteiger partial charge in [-0.2, -0.15) is 0 Å². The van der Waals surface area contributed by atoms with E-state index in [0.717, 1.165) is 9.87 Å². The van der Waals surface area contributed by atoms with Crippen LogP contribution in [0.3, 0.4) is 0 Å². The topological polar surface area (TPSA) is 93.1 Å². The van der Waals surface area contributed by atoms with Crippen LogP contribution in [0.1, 0.15) is 40.4 Å². The number of sulfonamides is 1. The van der Waals surface area contributed by atoms with Crippen molar-refractivity contribution in [3.63, 3.8) is 0 Å². The number of carbonyl (C=O) groups excluding carboxylic acids is 1. The summed E-state index contributed by atoms with van der Waals surface area (Å²) in [5, 5.41) is 8.86. The van der Waals surface area contributed by atoms with Crippen molar-refractivity contribution in [2.45, 2.75) is 31.6 Å². The quantitative estimate of drug-likeness (QED) is 0.385. The second-order valence-electron chi connectivity index (χ2n) is 7.22. The van der Waals surface area contributed by atoms with Crippen molar-refractivity contribution < 1.29 is 27.8 Å². The summed E-state index contributed by atoms with van der Waals surface area (Å²) in [5.74, 6) is -0.475. The van der Waals surface area contributed by atoms with Crippen molar-refractivity contribution >= 4 is 21.7 Å². The summed E-state index contributed by atoms with van der Waals surface area (Å²) in [6.07, 6.45) is 1.03. The lowest BCUT2D eigenvalue weighted by atomic mass is 9.95. The lowest BCUT2D eigenvalue weighted by Crippen LogP contribution is -2.26. The molecule has 0 fully saturated rings. The van der Waals surface area contributed by atoms with Crippen LogP contribution in [0.4, 0.5) is 0 Å². The summed E-state index contributed by atoms with van der Waals surface area (Å²) < 4.78 is 38.0. The van der Waals surface area contributed by atoms with Gasteiger partial charge in [0.05, 0.1) is 36.0 Å². The fraction of sp³-hybridized carbons (Fsp3) is 0.375.